The zero-order valence-electron chi connectivity index (χ0n) is 14.5. The highest BCUT2D eigenvalue weighted by Crippen LogP contribution is 2.17. The molecule has 0 heterocycles. The molecule has 0 radical (unpaired) electrons. The van der Waals surface area contributed by atoms with Crippen LogP contribution in [0.25, 0.3) is 0 Å². The number of nitrogens with one attached hydrogen (secondary N) is 1. The minimum Gasteiger partial charge on any atom is -0.489 e. The van der Waals surface area contributed by atoms with Gasteiger partial charge in [0.15, 0.2) is 0 Å². The lowest BCUT2D eigenvalue weighted by Gasteiger charge is -2.09. The van der Waals surface area contributed by atoms with Crippen LogP contribution in [0, 0.1) is 17.1 Å². The van der Waals surface area contributed by atoms with E-state index in [0.29, 0.717) is 23.4 Å². The van der Waals surface area contributed by atoms with Crippen molar-refractivity contribution in [1.82, 2.24) is 0 Å². The molecular weight excluding hydrogens is 343 g/mol. The second-order valence-corrected chi connectivity index (χ2v) is 5.93. The van der Waals surface area contributed by atoms with Crippen molar-refractivity contribution in [3.05, 3.63) is 95.3 Å². The van der Waals surface area contributed by atoms with Crippen molar-refractivity contribution in [3.63, 3.8) is 0 Å². The summed E-state index contributed by atoms with van der Waals surface area (Å²) in [4.78, 5) is 12.4. The van der Waals surface area contributed by atoms with Gasteiger partial charge in [-0.15, -0.1) is 0 Å². The number of nitrogens with zero attached hydrogens (tertiary/aromatic N) is 1. The Labute approximate surface area is 156 Å². The van der Waals surface area contributed by atoms with Gasteiger partial charge in [0.1, 0.15) is 18.2 Å². The molecule has 134 valence electrons. The summed E-state index contributed by atoms with van der Waals surface area (Å²) >= 11 is 0. The van der Waals surface area contributed by atoms with Gasteiger partial charge in [0.2, 0.25) is 0 Å². The standard InChI is InChI=1S/C22H17FN2O2/c23-19-8-4-17(5-9-19)15-27-21-3-1-2-18(14-21)22(26)25-20-10-6-16(7-11-20)12-13-24/h1-11,14H,12,15H2,(H,25,26). The van der Waals surface area contributed by atoms with Crippen molar-refractivity contribution >= 4 is 11.6 Å². The quantitative estimate of drug-likeness (QED) is 0.692. The van der Waals surface area contributed by atoms with Gasteiger partial charge in [-0.2, -0.15) is 5.26 Å². The van der Waals surface area contributed by atoms with Crippen LogP contribution < -0.4 is 10.1 Å². The number of hydrogen-bond donors (Lipinski definition) is 1. The third-order valence-electron chi connectivity index (χ3n) is 3.91. The van der Waals surface area contributed by atoms with Gasteiger partial charge in [-0.3, -0.25) is 4.79 Å². The first-order valence-corrected chi connectivity index (χ1v) is 8.38. The summed E-state index contributed by atoms with van der Waals surface area (Å²) in [6, 6.07) is 22.1. The smallest absolute Gasteiger partial charge is 0.255 e. The van der Waals surface area contributed by atoms with E-state index in [0.717, 1.165) is 11.1 Å². The molecule has 0 aliphatic carbocycles. The Morgan fingerprint density at radius 2 is 1.70 bits per heavy atom. The molecule has 0 bridgehead atoms. The monoisotopic (exact) mass is 360 g/mol. The van der Waals surface area contributed by atoms with Crippen LogP contribution in [0.5, 0.6) is 5.75 Å². The maximum absolute atomic E-state index is 12.9. The highest BCUT2D eigenvalue weighted by molar-refractivity contribution is 6.04. The van der Waals surface area contributed by atoms with Gasteiger partial charge >= 0.3 is 0 Å². The van der Waals surface area contributed by atoms with Gasteiger partial charge in [0.05, 0.1) is 12.5 Å². The number of ether oxygens (including phenoxy) is 1. The van der Waals surface area contributed by atoms with Crippen LogP contribution in [0.1, 0.15) is 21.5 Å². The van der Waals surface area contributed by atoms with E-state index in [1.165, 1.54) is 12.1 Å². The van der Waals surface area contributed by atoms with Gasteiger partial charge in [0.25, 0.3) is 5.91 Å². The molecule has 0 saturated carbocycles. The molecule has 3 aromatic rings. The third kappa shape index (κ3) is 5.16. The van der Waals surface area contributed by atoms with E-state index in [1.54, 1.807) is 60.7 Å². The van der Waals surface area contributed by atoms with Crippen molar-refractivity contribution in [3.8, 4) is 11.8 Å². The van der Waals surface area contributed by atoms with Crippen LogP contribution in [-0.4, -0.2) is 5.91 Å². The molecule has 0 saturated heterocycles. The van der Waals surface area contributed by atoms with Crippen LogP contribution >= 0.6 is 0 Å². The maximum atomic E-state index is 12.9. The molecule has 1 N–H and O–H groups in total. The molecule has 3 aromatic carbocycles. The van der Waals surface area contributed by atoms with Gasteiger partial charge in [-0.1, -0.05) is 30.3 Å². The molecule has 0 aliphatic rings. The van der Waals surface area contributed by atoms with Crippen molar-refractivity contribution in [1.29, 1.82) is 5.26 Å². The Balaban J connectivity index is 1.62. The van der Waals surface area contributed by atoms with Crippen LogP contribution in [0.3, 0.4) is 0 Å². The first-order chi connectivity index (χ1) is 13.1. The predicted molar refractivity (Wildman–Crippen MR) is 101 cm³/mol. The Morgan fingerprint density at radius 1 is 1.00 bits per heavy atom. The number of benzene rings is 3. The van der Waals surface area contributed by atoms with Crippen molar-refractivity contribution < 1.29 is 13.9 Å². The third-order valence-corrected chi connectivity index (χ3v) is 3.91. The van der Waals surface area contributed by atoms with E-state index < -0.39 is 0 Å². The van der Waals surface area contributed by atoms with E-state index in [1.807, 2.05) is 0 Å². The van der Waals surface area contributed by atoms with Crippen LogP contribution in [0.4, 0.5) is 10.1 Å². The molecular formula is C22H17FN2O2. The Hall–Kier alpha value is -3.65. The van der Waals surface area contributed by atoms with E-state index in [2.05, 4.69) is 11.4 Å². The first kappa shape index (κ1) is 18.2. The van der Waals surface area contributed by atoms with Gasteiger partial charge < -0.3 is 10.1 Å². The highest BCUT2D eigenvalue weighted by Gasteiger charge is 2.08. The summed E-state index contributed by atoms with van der Waals surface area (Å²) in [7, 11) is 0. The summed E-state index contributed by atoms with van der Waals surface area (Å²) < 4.78 is 18.6. The normalized spacial score (nSPS) is 10.1. The SMILES string of the molecule is N#CCc1ccc(NC(=O)c2cccc(OCc3ccc(F)cc3)c2)cc1. The number of nitriles is 1. The fourth-order valence-corrected chi connectivity index (χ4v) is 2.47. The fraction of sp³-hybridized carbons (Fsp3) is 0.0909. The number of hydrogen-bond acceptors (Lipinski definition) is 3. The molecule has 0 spiro atoms. The second kappa shape index (κ2) is 8.63. The zero-order valence-corrected chi connectivity index (χ0v) is 14.5. The first-order valence-electron chi connectivity index (χ1n) is 8.38. The summed E-state index contributed by atoms with van der Waals surface area (Å²) in [6.07, 6.45) is 0.335. The van der Waals surface area contributed by atoms with Crippen LogP contribution in [0.2, 0.25) is 0 Å². The van der Waals surface area contributed by atoms with E-state index >= 15 is 0 Å². The largest absolute Gasteiger partial charge is 0.489 e. The number of carbonyl (C=O) groups excluding carboxylic acids is 1. The van der Waals surface area contributed by atoms with Crippen LogP contribution in [0.15, 0.2) is 72.8 Å². The molecule has 0 aliphatic heterocycles. The Bertz CT molecular complexity index is 961. The number of halogens is 1. The summed E-state index contributed by atoms with van der Waals surface area (Å²) in [5.41, 5.74) is 2.85. The van der Waals surface area contributed by atoms with Crippen molar-refractivity contribution in [2.45, 2.75) is 13.0 Å². The summed E-state index contributed by atoms with van der Waals surface area (Å²) in [5.74, 6) is 0.00434. The molecule has 0 unspecified atom stereocenters. The predicted octanol–water partition coefficient (Wildman–Crippen LogP) is 4.72. The molecule has 27 heavy (non-hydrogen) atoms. The summed E-state index contributed by atoms with van der Waals surface area (Å²) in [5, 5.41) is 11.5. The number of carbonyl (C=O) groups is 1. The van der Waals surface area contributed by atoms with Gasteiger partial charge in [-0.25, -0.2) is 4.39 Å². The minimum atomic E-state index is -0.293. The Morgan fingerprint density at radius 3 is 2.41 bits per heavy atom. The maximum Gasteiger partial charge on any atom is 0.255 e. The molecule has 0 fully saturated rings. The molecule has 0 atom stereocenters. The molecule has 3 rings (SSSR count). The molecule has 5 heteroatoms. The number of amides is 1. The van der Waals surface area contributed by atoms with Crippen molar-refractivity contribution in [2.24, 2.45) is 0 Å². The average Bonchev–Trinajstić information content (AvgIpc) is 2.69. The lowest BCUT2D eigenvalue weighted by Crippen LogP contribution is -2.12. The van der Waals surface area contributed by atoms with E-state index in [-0.39, 0.29) is 18.3 Å². The highest BCUT2D eigenvalue weighted by atomic mass is 19.1. The van der Waals surface area contributed by atoms with Gasteiger partial charge in [0, 0.05) is 11.3 Å². The number of rotatable bonds is 6. The fourth-order valence-electron chi connectivity index (χ4n) is 2.47. The zero-order chi connectivity index (χ0) is 19.1. The molecule has 0 aromatic heterocycles. The summed E-state index contributed by atoms with van der Waals surface area (Å²) in [6.45, 7) is 0.283. The lowest BCUT2D eigenvalue weighted by molar-refractivity contribution is 0.102. The van der Waals surface area contributed by atoms with Crippen molar-refractivity contribution in [2.75, 3.05) is 5.32 Å². The van der Waals surface area contributed by atoms with Crippen LogP contribution in [-0.2, 0) is 13.0 Å². The number of anilines is 1. The minimum absolute atomic E-state index is 0.254. The average molecular weight is 360 g/mol. The molecule has 1 amide bonds. The van der Waals surface area contributed by atoms with E-state index in [4.69, 9.17) is 10.00 Å². The second-order valence-electron chi connectivity index (χ2n) is 5.93. The molecule has 4 nitrogen and oxygen atoms in total. The van der Waals surface area contributed by atoms with E-state index in [9.17, 15) is 9.18 Å². The topological polar surface area (TPSA) is 62.1 Å². The lowest BCUT2D eigenvalue weighted by atomic mass is 10.1. The Kier molecular flexibility index (Phi) is 5.80. The van der Waals surface area contributed by atoms with Gasteiger partial charge in [-0.05, 0) is 53.6 Å².